The third kappa shape index (κ3) is 6.63. The molecule has 0 spiro atoms. The summed E-state index contributed by atoms with van der Waals surface area (Å²) < 4.78 is 21.8. The number of hydrogen-bond donors (Lipinski definition) is 3. The molecule has 3 aromatic heterocycles. The van der Waals surface area contributed by atoms with Crippen LogP contribution < -0.4 is 20.7 Å². The molecule has 11 heteroatoms. The Balaban J connectivity index is 1.14. The molecule has 10 nitrogen and oxygen atoms in total. The van der Waals surface area contributed by atoms with Crippen LogP contribution in [0.2, 0.25) is 0 Å². The quantitative estimate of drug-likeness (QED) is 0.216. The van der Waals surface area contributed by atoms with Gasteiger partial charge in [0.05, 0.1) is 11.0 Å². The van der Waals surface area contributed by atoms with Crippen molar-refractivity contribution < 1.29 is 13.9 Å². The van der Waals surface area contributed by atoms with Crippen LogP contribution in [0.25, 0.3) is 22.2 Å². The molecule has 6 rings (SSSR count). The molecule has 2 aromatic carbocycles. The Morgan fingerprint density at radius 3 is 2.65 bits per heavy atom. The molecular weight excluding hydrogens is 547 g/mol. The van der Waals surface area contributed by atoms with Gasteiger partial charge in [0.25, 0.3) is 5.91 Å². The number of carbonyl (C=O) groups excluding carboxylic acids is 1. The van der Waals surface area contributed by atoms with E-state index >= 15 is 0 Å². The minimum Gasteiger partial charge on any atom is -0.457 e. The van der Waals surface area contributed by atoms with Crippen LogP contribution in [-0.4, -0.2) is 69.6 Å². The van der Waals surface area contributed by atoms with Crippen LogP contribution >= 0.6 is 0 Å². The predicted octanol–water partition coefficient (Wildman–Crippen LogP) is 4.65. The first kappa shape index (κ1) is 28.3. The van der Waals surface area contributed by atoms with Gasteiger partial charge in [-0.2, -0.15) is 4.39 Å². The van der Waals surface area contributed by atoms with Gasteiger partial charge in [0.2, 0.25) is 11.9 Å². The van der Waals surface area contributed by atoms with Gasteiger partial charge in [-0.15, -0.1) is 0 Å². The van der Waals surface area contributed by atoms with Gasteiger partial charge in [-0.1, -0.05) is 6.07 Å². The second-order valence-corrected chi connectivity index (χ2v) is 10.5. The number of imidazole rings is 1. The number of halogens is 1. The highest BCUT2D eigenvalue weighted by atomic mass is 19.1. The van der Waals surface area contributed by atoms with Crippen molar-refractivity contribution in [3.8, 4) is 22.6 Å². The van der Waals surface area contributed by atoms with Crippen LogP contribution in [0.1, 0.15) is 16.1 Å². The molecule has 43 heavy (non-hydrogen) atoms. The highest BCUT2D eigenvalue weighted by molar-refractivity contribution is 5.92. The van der Waals surface area contributed by atoms with Crippen molar-refractivity contribution in [2.75, 3.05) is 44.6 Å². The lowest BCUT2D eigenvalue weighted by Crippen LogP contribution is -2.46. The van der Waals surface area contributed by atoms with Crippen LogP contribution in [0.4, 0.5) is 16.0 Å². The Hall–Kier alpha value is -4.87. The molecule has 1 amide bonds. The van der Waals surface area contributed by atoms with Gasteiger partial charge in [0.15, 0.2) is 0 Å². The zero-order valence-electron chi connectivity index (χ0n) is 24.1. The van der Waals surface area contributed by atoms with Gasteiger partial charge in [0.1, 0.15) is 17.2 Å². The predicted molar refractivity (Wildman–Crippen MR) is 164 cm³/mol. The topological polar surface area (TPSA) is 109 Å². The van der Waals surface area contributed by atoms with Crippen LogP contribution in [0, 0.1) is 12.9 Å². The van der Waals surface area contributed by atoms with Gasteiger partial charge in [0, 0.05) is 82.6 Å². The summed E-state index contributed by atoms with van der Waals surface area (Å²) in [6.45, 7) is 7.27. The third-order valence-electron chi connectivity index (χ3n) is 7.51. The van der Waals surface area contributed by atoms with E-state index in [0.29, 0.717) is 29.7 Å². The molecule has 0 saturated carbocycles. The van der Waals surface area contributed by atoms with Crippen molar-refractivity contribution >= 4 is 28.6 Å². The van der Waals surface area contributed by atoms with Gasteiger partial charge in [-0.3, -0.25) is 14.7 Å². The van der Waals surface area contributed by atoms with E-state index in [0.717, 1.165) is 66.1 Å². The SMILES string of the molecule is Cc1ccc(Nc2nc3cc(Oc4ccnc(C(=O)NCCN5CCNCC5)c4)ccc3n2C)cc1-c1ccnc(F)c1. The average Bonchev–Trinajstić information content (AvgIpc) is 3.32. The minimum absolute atomic E-state index is 0.232. The van der Waals surface area contributed by atoms with Crippen LogP contribution in [-0.2, 0) is 7.05 Å². The summed E-state index contributed by atoms with van der Waals surface area (Å²) in [4.78, 5) is 27.7. The molecule has 1 aliphatic rings. The summed E-state index contributed by atoms with van der Waals surface area (Å²) in [6, 6.07) is 18.2. The monoisotopic (exact) mass is 580 g/mol. The lowest BCUT2D eigenvalue weighted by Gasteiger charge is -2.27. The molecule has 0 radical (unpaired) electrons. The molecule has 3 N–H and O–H groups in total. The first-order valence-corrected chi connectivity index (χ1v) is 14.2. The van der Waals surface area contributed by atoms with Crippen LogP contribution in [0.3, 0.4) is 0 Å². The van der Waals surface area contributed by atoms with Gasteiger partial charge in [-0.05, 0) is 60.0 Å². The summed E-state index contributed by atoms with van der Waals surface area (Å²) in [5, 5.41) is 9.66. The number of hydrogen-bond acceptors (Lipinski definition) is 8. The Labute approximate surface area is 248 Å². The largest absolute Gasteiger partial charge is 0.457 e. The fourth-order valence-electron chi connectivity index (χ4n) is 5.15. The van der Waals surface area contributed by atoms with E-state index in [1.54, 1.807) is 24.4 Å². The number of carbonyl (C=O) groups is 1. The van der Waals surface area contributed by atoms with E-state index < -0.39 is 5.95 Å². The lowest BCUT2D eigenvalue weighted by atomic mass is 10.0. The number of ether oxygens (including phenoxy) is 1. The van der Waals surface area contributed by atoms with Gasteiger partial charge in [-0.25, -0.2) is 9.97 Å². The van der Waals surface area contributed by atoms with Crippen molar-refractivity contribution in [2.24, 2.45) is 7.05 Å². The lowest BCUT2D eigenvalue weighted by molar-refractivity contribution is 0.0942. The zero-order chi connectivity index (χ0) is 29.8. The van der Waals surface area contributed by atoms with Gasteiger partial charge >= 0.3 is 0 Å². The number of piperazine rings is 1. The normalized spacial score (nSPS) is 13.7. The Bertz CT molecular complexity index is 1770. The number of amides is 1. The summed E-state index contributed by atoms with van der Waals surface area (Å²) in [6.07, 6.45) is 3.03. The third-order valence-corrected chi connectivity index (χ3v) is 7.51. The van der Waals surface area contributed by atoms with E-state index in [9.17, 15) is 9.18 Å². The highest BCUT2D eigenvalue weighted by Crippen LogP contribution is 2.31. The summed E-state index contributed by atoms with van der Waals surface area (Å²) >= 11 is 0. The standard InChI is InChI=1S/C32H33FN8O2/c1-21-3-4-23(18-26(21)22-7-9-36-30(33)17-22)38-32-39-27-19-24(5-6-29(27)40(32)2)43-25-8-10-35-28(20-25)31(42)37-13-16-41-14-11-34-12-15-41/h3-10,17-20,34H,11-16H2,1-2H3,(H,37,42)(H,38,39). The number of rotatable bonds is 9. The van der Waals surface area contributed by atoms with E-state index in [-0.39, 0.29) is 5.91 Å². The first-order valence-electron chi connectivity index (χ1n) is 14.2. The van der Waals surface area contributed by atoms with Crippen molar-refractivity contribution in [3.05, 3.63) is 90.3 Å². The highest BCUT2D eigenvalue weighted by Gasteiger charge is 2.14. The summed E-state index contributed by atoms with van der Waals surface area (Å²) in [5.41, 5.74) is 5.47. The second kappa shape index (κ2) is 12.6. The molecular formula is C32H33FN8O2. The fourth-order valence-corrected chi connectivity index (χ4v) is 5.15. The molecule has 220 valence electrons. The summed E-state index contributed by atoms with van der Waals surface area (Å²) in [7, 11) is 1.93. The molecule has 0 atom stereocenters. The molecule has 0 bridgehead atoms. The molecule has 4 heterocycles. The number of anilines is 2. The minimum atomic E-state index is -0.517. The average molecular weight is 581 g/mol. The van der Waals surface area contributed by atoms with Crippen molar-refractivity contribution in [3.63, 3.8) is 0 Å². The van der Waals surface area contributed by atoms with Crippen LogP contribution in [0.5, 0.6) is 11.5 Å². The smallest absolute Gasteiger partial charge is 0.270 e. The molecule has 1 saturated heterocycles. The number of pyridine rings is 2. The molecule has 1 fully saturated rings. The van der Waals surface area contributed by atoms with Crippen molar-refractivity contribution in [2.45, 2.75) is 6.92 Å². The number of aryl methyl sites for hydroxylation is 2. The summed E-state index contributed by atoms with van der Waals surface area (Å²) in [5.74, 6) is 0.994. The fraction of sp³-hybridized carbons (Fsp3) is 0.250. The Morgan fingerprint density at radius 1 is 1.00 bits per heavy atom. The van der Waals surface area contributed by atoms with E-state index in [1.807, 2.05) is 54.9 Å². The van der Waals surface area contributed by atoms with E-state index in [1.165, 1.54) is 12.3 Å². The number of aromatic nitrogens is 4. The Kier molecular flexibility index (Phi) is 8.25. The van der Waals surface area contributed by atoms with E-state index in [2.05, 4.69) is 30.8 Å². The number of fused-ring (bicyclic) bond motifs is 1. The maximum Gasteiger partial charge on any atom is 0.270 e. The molecule has 5 aromatic rings. The van der Waals surface area contributed by atoms with Gasteiger partial charge < -0.3 is 25.3 Å². The molecule has 1 aliphatic heterocycles. The van der Waals surface area contributed by atoms with E-state index in [4.69, 9.17) is 9.72 Å². The second-order valence-electron chi connectivity index (χ2n) is 10.5. The molecule has 0 aliphatic carbocycles. The Morgan fingerprint density at radius 2 is 1.81 bits per heavy atom. The van der Waals surface area contributed by atoms with Crippen molar-refractivity contribution in [1.29, 1.82) is 0 Å². The number of nitrogens with zero attached hydrogens (tertiary/aromatic N) is 5. The number of benzene rings is 2. The maximum absolute atomic E-state index is 13.8. The first-order chi connectivity index (χ1) is 20.9. The van der Waals surface area contributed by atoms with Crippen molar-refractivity contribution in [1.82, 2.24) is 35.1 Å². The molecule has 0 unspecified atom stereocenters. The zero-order valence-corrected chi connectivity index (χ0v) is 24.1. The van der Waals surface area contributed by atoms with Crippen LogP contribution in [0.15, 0.2) is 73.1 Å². The maximum atomic E-state index is 13.8. The number of nitrogens with one attached hydrogen (secondary N) is 3.